The lowest BCUT2D eigenvalue weighted by Gasteiger charge is -2.02. The minimum atomic E-state index is -0.360. The number of rotatable bonds is 2. The second-order valence-corrected chi connectivity index (χ2v) is 4.52. The number of halogens is 1. The van der Waals surface area contributed by atoms with E-state index in [1.54, 1.807) is 18.3 Å². The van der Waals surface area contributed by atoms with E-state index in [0.29, 0.717) is 22.3 Å². The first kappa shape index (κ1) is 13.1. The predicted octanol–water partition coefficient (Wildman–Crippen LogP) is 2.21. The topological polar surface area (TPSA) is 66.6 Å². The highest BCUT2D eigenvalue weighted by Crippen LogP contribution is 2.28. The van der Waals surface area contributed by atoms with Crippen molar-refractivity contribution in [3.8, 4) is 17.0 Å². The molecule has 0 aliphatic rings. The Kier molecular flexibility index (Phi) is 3.06. The van der Waals surface area contributed by atoms with Gasteiger partial charge in [0.25, 0.3) is 5.91 Å². The maximum Gasteiger partial charge on any atom is 0.255 e. The van der Waals surface area contributed by atoms with Crippen molar-refractivity contribution in [2.75, 3.05) is 7.05 Å². The lowest BCUT2D eigenvalue weighted by Crippen LogP contribution is -2.18. The Balaban J connectivity index is 2.30. The van der Waals surface area contributed by atoms with Crippen LogP contribution in [0.2, 0.25) is 0 Å². The number of carbonyl (C=O) groups excluding carboxylic acids is 1. The molecule has 6 heteroatoms. The van der Waals surface area contributed by atoms with Crippen LogP contribution in [0.4, 0.5) is 4.39 Å². The average molecular weight is 285 g/mol. The van der Waals surface area contributed by atoms with Gasteiger partial charge in [-0.3, -0.25) is 4.79 Å². The van der Waals surface area contributed by atoms with Crippen LogP contribution in [0.5, 0.6) is 5.75 Å². The Morgan fingerprint density at radius 1 is 1.29 bits per heavy atom. The van der Waals surface area contributed by atoms with Crippen LogP contribution < -0.4 is 5.32 Å². The monoisotopic (exact) mass is 285 g/mol. The van der Waals surface area contributed by atoms with E-state index in [1.807, 2.05) is 0 Å². The number of hydrogen-bond donors (Lipinski definition) is 2. The van der Waals surface area contributed by atoms with E-state index in [4.69, 9.17) is 0 Å². The van der Waals surface area contributed by atoms with Crippen molar-refractivity contribution in [3.63, 3.8) is 0 Å². The molecule has 2 aromatic heterocycles. The molecule has 0 spiro atoms. The van der Waals surface area contributed by atoms with E-state index >= 15 is 0 Å². The number of amides is 1. The molecule has 0 aliphatic heterocycles. The summed E-state index contributed by atoms with van der Waals surface area (Å²) in [7, 11) is 1.52. The standard InChI is InChI=1S/C15H12FN3O2/c1-17-15(21)13-12-8-11(20)6-7-19(12)18-14(13)9-2-4-10(16)5-3-9/h2-8,20H,1H3,(H,17,21). The van der Waals surface area contributed by atoms with Gasteiger partial charge < -0.3 is 10.4 Å². The van der Waals surface area contributed by atoms with Crippen molar-refractivity contribution in [2.45, 2.75) is 0 Å². The molecule has 3 aromatic rings. The first-order valence-corrected chi connectivity index (χ1v) is 6.29. The van der Waals surface area contributed by atoms with Gasteiger partial charge in [0, 0.05) is 24.9 Å². The normalized spacial score (nSPS) is 10.8. The number of benzene rings is 1. The number of nitrogens with one attached hydrogen (secondary N) is 1. The third kappa shape index (κ3) is 2.20. The zero-order valence-electron chi connectivity index (χ0n) is 11.2. The van der Waals surface area contributed by atoms with Crippen molar-refractivity contribution >= 4 is 11.4 Å². The Labute approximate surface area is 119 Å². The second kappa shape index (κ2) is 4.90. The van der Waals surface area contributed by atoms with E-state index in [1.165, 1.54) is 35.8 Å². The van der Waals surface area contributed by atoms with Crippen molar-refractivity contribution in [1.29, 1.82) is 0 Å². The van der Waals surface area contributed by atoms with E-state index < -0.39 is 0 Å². The maximum atomic E-state index is 13.0. The Bertz CT molecular complexity index is 825. The van der Waals surface area contributed by atoms with E-state index in [0.717, 1.165) is 0 Å². The summed E-state index contributed by atoms with van der Waals surface area (Å²) >= 11 is 0. The minimum absolute atomic E-state index is 0.0400. The lowest BCUT2D eigenvalue weighted by atomic mass is 10.1. The van der Waals surface area contributed by atoms with Gasteiger partial charge in [0.15, 0.2) is 0 Å². The van der Waals surface area contributed by atoms with Gasteiger partial charge in [0.1, 0.15) is 17.3 Å². The fraction of sp³-hybridized carbons (Fsp3) is 0.0667. The van der Waals surface area contributed by atoms with Crippen LogP contribution in [0, 0.1) is 5.82 Å². The summed E-state index contributed by atoms with van der Waals surface area (Å²) in [4.78, 5) is 12.1. The zero-order valence-corrected chi connectivity index (χ0v) is 11.2. The van der Waals surface area contributed by atoms with Crippen LogP contribution in [0.15, 0.2) is 42.6 Å². The molecule has 0 saturated heterocycles. The van der Waals surface area contributed by atoms with Crippen LogP contribution in [0.3, 0.4) is 0 Å². The van der Waals surface area contributed by atoms with Crippen LogP contribution in [0.1, 0.15) is 10.4 Å². The number of nitrogens with zero attached hydrogens (tertiary/aromatic N) is 2. The van der Waals surface area contributed by atoms with E-state index in [-0.39, 0.29) is 17.5 Å². The summed E-state index contributed by atoms with van der Waals surface area (Å²) < 4.78 is 14.6. The number of hydrogen-bond acceptors (Lipinski definition) is 3. The first-order valence-electron chi connectivity index (χ1n) is 6.29. The van der Waals surface area contributed by atoms with Crippen LogP contribution in [0.25, 0.3) is 16.8 Å². The quantitative estimate of drug-likeness (QED) is 0.758. The molecule has 0 bridgehead atoms. The average Bonchev–Trinajstić information content (AvgIpc) is 2.85. The lowest BCUT2D eigenvalue weighted by molar-refractivity contribution is 0.0965. The van der Waals surface area contributed by atoms with Crippen molar-refractivity contribution in [3.05, 3.63) is 54.0 Å². The number of aromatic hydroxyl groups is 1. The highest BCUT2D eigenvalue weighted by Gasteiger charge is 2.20. The summed E-state index contributed by atoms with van der Waals surface area (Å²) in [6.07, 6.45) is 1.56. The molecule has 5 nitrogen and oxygen atoms in total. The molecule has 0 fully saturated rings. The fourth-order valence-electron chi connectivity index (χ4n) is 2.19. The Hall–Kier alpha value is -2.89. The number of carbonyl (C=O) groups is 1. The van der Waals surface area contributed by atoms with Gasteiger partial charge in [-0.15, -0.1) is 0 Å². The van der Waals surface area contributed by atoms with E-state index in [9.17, 15) is 14.3 Å². The smallest absolute Gasteiger partial charge is 0.255 e. The van der Waals surface area contributed by atoms with Crippen molar-refractivity contribution in [1.82, 2.24) is 14.9 Å². The molecule has 2 N–H and O–H groups in total. The molecule has 1 amide bonds. The SMILES string of the molecule is CNC(=O)c1c(-c2ccc(F)cc2)nn2ccc(O)cc12. The summed E-state index contributed by atoms with van der Waals surface area (Å²) in [6, 6.07) is 8.67. The van der Waals surface area contributed by atoms with Gasteiger partial charge in [-0.1, -0.05) is 0 Å². The largest absolute Gasteiger partial charge is 0.508 e. The molecule has 0 atom stereocenters. The summed E-state index contributed by atoms with van der Waals surface area (Å²) in [5.74, 6) is -0.644. The molecule has 3 rings (SSSR count). The molecule has 0 radical (unpaired) electrons. The van der Waals surface area contributed by atoms with Gasteiger partial charge in [-0.2, -0.15) is 5.10 Å². The predicted molar refractivity (Wildman–Crippen MR) is 75.6 cm³/mol. The van der Waals surface area contributed by atoms with Gasteiger partial charge in [-0.05, 0) is 30.3 Å². The first-order chi connectivity index (χ1) is 10.1. The molecule has 106 valence electrons. The minimum Gasteiger partial charge on any atom is -0.508 e. The summed E-state index contributed by atoms with van der Waals surface area (Å²) in [5, 5.41) is 16.5. The summed E-state index contributed by atoms with van der Waals surface area (Å²) in [5.41, 5.74) is 1.87. The number of fused-ring (bicyclic) bond motifs is 1. The van der Waals surface area contributed by atoms with Gasteiger partial charge in [0.2, 0.25) is 0 Å². The maximum absolute atomic E-state index is 13.0. The van der Waals surface area contributed by atoms with Gasteiger partial charge >= 0.3 is 0 Å². The van der Waals surface area contributed by atoms with Crippen molar-refractivity contribution < 1.29 is 14.3 Å². The summed E-state index contributed by atoms with van der Waals surface area (Å²) in [6.45, 7) is 0. The Morgan fingerprint density at radius 2 is 2.00 bits per heavy atom. The fourth-order valence-corrected chi connectivity index (χ4v) is 2.19. The third-order valence-corrected chi connectivity index (χ3v) is 3.19. The molecular formula is C15H12FN3O2. The second-order valence-electron chi connectivity index (χ2n) is 4.52. The molecule has 2 heterocycles. The molecule has 1 aromatic carbocycles. The van der Waals surface area contributed by atoms with Gasteiger partial charge in [-0.25, -0.2) is 8.91 Å². The number of pyridine rings is 1. The van der Waals surface area contributed by atoms with E-state index in [2.05, 4.69) is 10.4 Å². The Morgan fingerprint density at radius 3 is 2.67 bits per heavy atom. The highest BCUT2D eigenvalue weighted by molar-refractivity contribution is 6.06. The molecule has 0 saturated carbocycles. The van der Waals surface area contributed by atoms with Crippen LogP contribution >= 0.6 is 0 Å². The van der Waals surface area contributed by atoms with Crippen LogP contribution in [-0.4, -0.2) is 27.7 Å². The molecule has 21 heavy (non-hydrogen) atoms. The third-order valence-electron chi connectivity index (χ3n) is 3.19. The highest BCUT2D eigenvalue weighted by atomic mass is 19.1. The molecule has 0 unspecified atom stereocenters. The number of aromatic nitrogens is 2. The van der Waals surface area contributed by atoms with Crippen molar-refractivity contribution in [2.24, 2.45) is 0 Å². The van der Waals surface area contributed by atoms with Crippen LogP contribution in [-0.2, 0) is 0 Å². The molecule has 0 aliphatic carbocycles. The zero-order chi connectivity index (χ0) is 15.0. The van der Waals surface area contributed by atoms with Gasteiger partial charge in [0.05, 0.1) is 11.1 Å². The molecular weight excluding hydrogens is 273 g/mol.